The summed E-state index contributed by atoms with van der Waals surface area (Å²) in [6.07, 6.45) is -0.431. The van der Waals surface area contributed by atoms with Gasteiger partial charge in [-0.15, -0.1) is 37.3 Å². The number of aryl methyl sites for hydroxylation is 1. The smallest absolute Gasteiger partial charge is 0.296 e. The first-order chi connectivity index (χ1) is 41.2. The van der Waals surface area contributed by atoms with E-state index in [-0.39, 0.29) is 107 Å². The second-order valence-corrected chi connectivity index (χ2v) is 29.6. The zero-order chi connectivity index (χ0) is 65.7. The molecule has 3 aromatic heterocycles. The van der Waals surface area contributed by atoms with Crippen LogP contribution in [0.15, 0.2) is 110 Å². The maximum atomic E-state index is 12.7. The van der Waals surface area contributed by atoms with Gasteiger partial charge in [-0.3, -0.25) is 41.3 Å². The average Bonchev–Trinajstić information content (AvgIpc) is 1.70. The van der Waals surface area contributed by atoms with Gasteiger partial charge in [-0.25, -0.2) is 9.97 Å². The lowest BCUT2D eigenvalue weighted by atomic mass is 10.1. The fourth-order valence-electron chi connectivity index (χ4n) is 8.44. The van der Waals surface area contributed by atoms with Crippen LogP contribution in [0.1, 0.15) is 43.4 Å². The van der Waals surface area contributed by atoms with Gasteiger partial charge in [-0.2, -0.15) is 60.9 Å². The molecule has 3 heterocycles. The summed E-state index contributed by atoms with van der Waals surface area (Å²) >= 11 is 1.39. The Hall–Kier alpha value is -8.16. The molecule has 0 radical (unpaired) electrons. The molecule has 89 heavy (non-hydrogen) atoms. The van der Waals surface area contributed by atoms with Crippen LogP contribution in [0.2, 0.25) is 0 Å². The lowest BCUT2D eigenvalue weighted by Crippen LogP contribution is -2.11. The second kappa shape index (κ2) is 25.0. The molecule has 0 aliphatic heterocycles. The minimum absolute atomic E-state index is 0.00207. The molecule has 0 atom stereocenters. The third-order valence-electron chi connectivity index (χ3n) is 12.2. The molecule has 9 N–H and O–H groups in total. The number of thioether (sulfide) groups is 1. The predicted octanol–water partition coefficient (Wildman–Crippen LogP) is 8.62. The molecule has 470 valence electrons. The summed E-state index contributed by atoms with van der Waals surface area (Å²) in [7, 11) is -29.8. The van der Waals surface area contributed by atoms with Crippen LogP contribution in [-0.4, -0.2) is 133 Å². The predicted molar refractivity (Wildman–Crippen MR) is 317 cm³/mol. The maximum absolute atomic E-state index is 12.7. The molecule has 0 saturated heterocycles. The van der Waals surface area contributed by atoms with Crippen molar-refractivity contribution < 1.29 is 97.3 Å². The Morgan fingerprint density at radius 3 is 1.87 bits per heavy atom. The highest BCUT2D eigenvalue weighted by Crippen LogP contribution is 2.46. The number of imidazole rings is 1. The van der Waals surface area contributed by atoms with Crippen LogP contribution in [0.4, 0.5) is 44.9 Å². The molecule has 42 heteroatoms. The number of ether oxygens (including phenoxy) is 1. The van der Waals surface area contributed by atoms with Gasteiger partial charge in [0.25, 0.3) is 60.7 Å². The molecule has 2 amide bonds. The number of anilines is 2. The van der Waals surface area contributed by atoms with Crippen LogP contribution in [-0.2, 0) is 70.3 Å². The largest absolute Gasteiger partial charge is 0.493 e. The summed E-state index contributed by atoms with van der Waals surface area (Å²) in [5, 5.41) is 50.9. The van der Waals surface area contributed by atoms with E-state index in [4.69, 9.17) is 4.74 Å². The molecule has 0 unspecified atom stereocenters. The van der Waals surface area contributed by atoms with Crippen LogP contribution in [0.25, 0.3) is 37.7 Å². The minimum Gasteiger partial charge on any atom is -0.493 e. The number of hydrogen-bond acceptors (Lipinski definition) is 27. The Kier molecular flexibility index (Phi) is 18.8. The first kappa shape index (κ1) is 66.8. The number of aromatic hydroxyl groups is 1. The van der Waals surface area contributed by atoms with E-state index in [0.717, 1.165) is 48.2 Å². The number of thiazole rings is 1. The Morgan fingerprint density at radius 2 is 1.26 bits per heavy atom. The number of aromatic nitrogens is 3. The highest BCUT2D eigenvalue weighted by atomic mass is 32.2. The number of nitrogens with one attached hydrogen (secondary N) is 2. The van der Waals surface area contributed by atoms with Crippen LogP contribution >= 0.6 is 23.1 Å². The number of amides is 2. The fourth-order valence-corrected chi connectivity index (χ4v) is 14.2. The van der Waals surface area contributed by atoms with Crippen molar-refractivity contribution in [2.45, 2.75) is 65.0 Å². The molecule has 0 bridgehead atoms. The van der Waals surface area contributed by atoms with Crippen LogP contribution in [0.5, 0.6) is 11.6 Å². The molecule has 8 rings (SSSR count). The zero-order valence-electron chi connectivity index (χ0n) is 45.4. The number of fused-ring (bicyclic) bond motifs is 6. The van der Waals surface area contributed by atoms with Crippen molar-refractivity contribution in [3.63, 3.8) is 0 Å². The summed E-state index contributed by atoms with van der Waals surface area (Å²) < 4.78 is 212. The van der Waals surface area contributed by atoms with Gasteiger partial charge in [0.2, 0.25) is 22.8 Å². The van der Waals surface area contributed by atoms with Crippen molar-refractivity contribution in [3.05, 3.63) is 71.3 Å². The summed E-state index contributed by atoms with van der Waals surface area (Å²) in [6, 6.07) is 10.7. The fraction of sp³-hybridized carbons (Fsp3) is 0.213. The number of carbonyl (C=O) groups excluding carboxylic acids is 2. The quantitative estimate of drug-likeness (QED) is 0.0133. The lowest BCUT2D eigenvalue weighted by molar-refractivity contribution is -0.115. The second-order valence-electron chi connectivity index (χ2n) is 18.7. The van der Waals surface area contributed by atoms with Gasteiger partial charge >= 0.3 is 0 Å². The number of benzene rings is 5. The average molecular weight is 1380 g/mol. The molecule has 0 aliphatic carbocycles. The van der Waals surface area contributed by atoms with E-state index in [2.05, 4.69) is 51.3 Å². The Bertz CT molecular complexity index is 5220. The van der Waals surface area contributed by atoms with Crippen molar-refractivity contribution in [2.24, 2.45) is 30.7 Å². The first-order valence-corrected chi connectivity index (χ1v) is 35.2. The normalized spacial score (nSPS) is 13.0. The molecule has 0 fully saturated rings. The summed E-state index contributed by atoms with van der Waals surface area (Å²) in [4.78, 5) is 29.2. The topological polar surface area (TPSA) is 542 Å². The number of nitrogens with zero attached hydrogens (tertiary/aromatic N) is 10. The van der Waals surface area contributed by atoms with Gasteiger partial charge in [0.1, 0.15) is 54.6 Å². The molecule has 0 spiro atoms. The summed E-state index contributed by atoms with van der Waals surface area (Å²) in [6.45, 7) is 4.68. The molecule has 5 aromatic carbocycles. The summed E-state index contributed by atoms with van der Waals surface area (Å²) in [5.41, 5.74) is -2.24. The zero-order valence-corrected chi connectivity index (χ0v) is 52.0. The summed E-state index contributed by atoms with van der Waals surface area (Å²) in [5.74, 6) is -3.82. The van der Waals surface area contributed by atoms with Crippen molar-refractivity contribution in [1.82, 2.24) is 14.4 Å². The van der Waals surface area contributed by atoms with Gasteiger partial charge < -0.3 is 20.5 Å². The number of nitriles is 1. The number of carbonyl (C=O) groups is 2. The maximum Gasteiger partial charge on any atom is 0.296 e. The molecular weight excluding hydrogens is 1340 g/mol. The number of rotatable bonds is 22. The number of azo groups is 3. The Balaban J connectivity index is 1.25. The van der Waals surface area contributed by atoms with Crippen LogP contribution < -0.4 is 15.4 Å². The van der Waals surface area contributed by atoms with E-state index in [0.29, 0.717) is 23.5 Å². The SMILES string of the molecule is CC(=O)Nc1cc(N=Nc2cc(OCCCS(=O)(=O)O)c(N=Nc3c(C)c(C#N)c4nc5cc(NC(C)=O)c(S(=O)(=O)O)cc5n4c3O)cc2C)c(SCCCS(=O)(=O)O)cc1N=Nc1nc2c(S(=O)(=O)O)cc3c(S(=O)(=O)O)cc(S(=O)(=O)O)cc3c2s1. The van der Waals surface area contributed by atoms with E-state index in [1.54, 1.807) is 0 Å². The number of hydrogen-bond donors (Lipinski definition) is 9. The molecular formula is C47H42N12O22S8. The molecule has 34 nitrogen and oxygen atoms in total. The van der Waals surface area contributed by atoms with E-state index in [1.807, 2.05) is 6.07 Å². The highest BCUT2D eigenvalue weighted by Gasteiger charge is 2.29. The molecule has 0 saturated carbocycles. The molecule has 0 aliphatic rings. The molecule has 8 aromatic rings. The van der Waals surface area contributed by atoms with Gasteiger partial charge in [0, 0.05) is 41.1 Å². The monoisotopic (exact) mass is 1380 g/mol. The van der Waals surface area contributed by atoms with Crippen molar-refractivity contribution >= 4 is 178 Å². The van der Waals surface area contributed by atoms with E-state index in [1.165, 1.54) is 38.1 Å². The third-order valence-corrected chi connectivity index (χ3v) is 19.4. The van der Waals surface area contributed by atoms with Gasteiger partial charge in [-0.05, 0) is 86.5 Å². The highest BCUT2D eigenvalue weighted by molar-refractivity contribution is 7.99. The van der Waals surface area contributed by atoms with E-state index < -0.39 is 138 Å². The van der Waals surface area contributed by atoms with Crippen molar-refractivity contribution in [2.75, 3.05) is 34.5 Å². The minimum atomic E-state index is -5.37. The first-order valence-electron chi connectivity index (χ1n) is 24.4. The Labute approximate surface area is 511 Å². The van der Waals surface area contributed by atoms with Gasteiger partial charge in [0.05, 0.1) is 55.8 Å². The van der Waals surface area contributed by atoms with Crippen molar-refractivity contribution in [1.29, 1.82) is 5.26 Å². The number of pyridine rings is 1. The Morgan fingerprint density at radius 1 is 0.652 bits per heavy atom. The van der Waals surface area contributed by atoms with Gasteiger partial charge in [0.15, 0.2) is 11.3 Å². The van der Waals surface area contributed by atoms with Crippen LogP contribution in [0.3, 0.4) is 0 Å². The van der Waals surface area contributed by atoms with Crippen LogP contribution in [0, 0.1) is 25.2 Å². The third kappa shape index (κ3) is 15.5. The standard InChI is InChI=1S/C47H42N12O22S8/c1-21-11-33(55-57-42-22(2)28(20-48)45-51-32-16-35(50-24(4)61)40(88(75,76)77)19-36(32)59(45)46(42)62)37(81-7-5-9-84(63,64)65)17-29(21)53-56-34-15-30(49-23(3)60)31(18-38(34)82-8-6-10-85(66,67)68)54-58-47-52-43-41(89(78,79)80)14-26-27(44(43)83-47)12-25(86(69,70)71)13-39(26)87(72,73)74/h11-19,62H,5-10H2,1-4H3,(H,49,60)(H,50,61)(H,63,64,65)(H,66,67,68)(H,69,70,71)(H,72,73,74)(H,75,76,77)(H,78,79,80). The van der Waals surface area contributed by atoms with E-state index >= 15 is 0 Å². The van der Waals surface area contributed by atoms with E-state index in [9.17, 15) is 97.8 Å². The van der Waals surface area contributed by atoms with Crippen molar-refractivity contribution in [3.8, 4) is 17.7 Å². The van der Waals surface area contributed by atoms with Gasteiger partial charge in [-0.1, -0.05) is 11.3 Å². The lowest BCUT2D eigenvalue weighted by Gasteiger charge is -2.13.